The van der Waals surface area contributed by atoms with E-state index in [1.807, 2.05) is 12.2 Å². The second-order valence-corrected chi connectivity index (χ2v) is 5.47. The van der Waals surface area contributed by atoms with Crippen LogP contribution in [-0.2, 0) is 4.79 Å². The van der Waals surface area contributed by atoms with E-state index in [1.54, 1.807) is 6.08 Å². The minimum absolute atomic E-state index is 0.0938. The summed E-state index contributed by atoms with van der Waals surface area (Å²) in [4.78, 5) is 10.3. The topological polar surface area (TPSA) is 57.5 Å². The first-order valence-corrected chi connectivity index (χ1v) is 9.00. The average Bonchev–Trinajstić information content (AvgIpc) is 2.60. The lowest BCUT2D eigenvalue weighted by molar-refractivity contribution is -0.136. The molecule has 0 unspecified atom stereocenters. The van der Waals surface area contributed by atoms with Gasteiger partial charge in [0.15, 0.2) is 0 Å². The van der Waals surface area contributed by atoms with E-state index in [2.05, 4.69) is 54.7 Å². The largest absolute Gasteiger partial charge is 0.481 e. The summed E-state index contributed by atoms with van der Waals surface area (Å²) in [5.74, 6) is -0.794. The third-order valence-corrected chi connectivity index (χ3v) is 3.18. The fraction of sp³-hybridized carbons (Fsp3) is 0.409. The normalized spacial score (nSPS) is 13.0. The van der Waals surface area contributed by atoms with E-state index in [1.165, 1.54) is 0 Å². The number of rotatable bonds is 15. The smallest absolute Gasteiger partial charge is 0.307 e. The van der Waals surface area contributed by atoms with Crippen molar-refractivity contribution in [1.82, 2.24) is 0 Å². The van der Waals surface area contributed by atoms with Crippen LogP contribution in [0.5, 0.6) is 0 Å². The fourth-order valence-corrected chi connectivity index (χ4v) is 1.87. The Kier molecular flexibility index (Phi) is 18.2. The molecule has 0 aliphatic carbocycles. The van der Waals surface area contributed by atoms with Gasteiger partial charge in [-0.05, 0) is 44.9 Å². The molecular formula is C22H32O3. The zero-order chi connectivity index (χ0) is 18.4. The lowest BCUT2D eigenvalue weighted by Gasteiger charge is -1.87. The highest BCUT2D eigenvalue weighted by Crippen LogP contribution is 1.97. The van der Waals surface area contributed by atoms with Crippen LogP contribution in [0.3, 0.4) is 0 Å². The second kappa shape index (κ2) is 19.9. The minimum Gasteiger partial charge on any atom is -0.481 e. The van der Waals surface area contributed by atoms with Gasteiger partial charge in [-0.1, -0.05) is 72.9 Å². The maximum absolute atomic E-state index is 10.3. The predicted molar refractivity (Wildman–Crippen MR) is 106 cm³/mol. The molecule has 0 aromatic rings. The number of hydrogen-bond donors (Lipinski definition) is 2. The molecule has 0 spiro atoms. The van der Waals surface area contributed by atoms with Gasteiger partial charge in [-0.15, -0.1) is 0 Å². The summed E-state index contributed by atoms with van der Waals surface area (Å²) < 4.78 is 0. The van der Waals surface area contributed by atoms with E-state index >= 15 is 0 Å². The lowest BCUT2D eigenvalue weighted by atomic mass is 10.2. The first-order chi connectivity index (χ1) is 12.3. The summed E-state index contributed by atoms with van der Waals surface area (Å²) in [6, 6.07) is 0. The Morgan fingerprint density at radius 3 is 1.32 bits per heavy atom. The number of aliphatic hydroxyl groups excluding tert-OH is 1. The minimum atomic E-state index is -0.794. The van der Waals surface area contributed by atoms with Gasteiger partial charge in [0.1, 0.15) is 0 Å². The van der Waals surface area contributed by atoms with Crippen LogP contribution in [0.15, 0.2) is 72.9 Å². The third-order valence-electron chi connectivity index (χ3n) is 3.18. The number of aliphatic carboxylic acids is 1. The molecule has 0 bridgehead atoms. The van der Waals surface area contributed by atoms with Crippen molar-refractivity contribution in [2.45, 2.75) is 51.4 Å². The molecule has 0 heterocycles. The Morgan fingerprint density at radius 1 is 0.600 bits per heavy atom. The second-order valence-electron chi connectivity index (χ2n) is 5.47. The molecule has 0 amide bonds. The van der Waals surface area contributed by atoms with Gasteiger partial charge in [0.25, 0.3) is 0 Å². The van der Waals surface area contributed by atoms with Crippen LogP contribution < -0.4 is 0 Å². The number of allylic oxidation sites excluding steroid dienone is 11. The zero-order valence-corrected chi connectivity index (χ0v) is 15.1. The highest BCUT2D eigenvalue weighted by atomic mass is 16.4. The molecule has 0 radical (unpaired) electrons. The molecule has 0 rings (SSSR count). The molecule has 0 saturated carbocycles. The Hall–Kier alpha value is -2.13. The zero-order valence-electron chi connectivity index (χ0n) is 15.1. The van der Waals surface area contributed by atoms with Crippen LogP contribution >= 0.6 is 0 Å². The molecule has 0 aliphatic heterocycles. The van der Waals surface area contributed by atoms with E-state index in [9.17, 15) is 4.79 Å². The molecule has 3 heteroatoms. The first kappa shape index (κ1) is 22.9. The van der Waals surface area contributed by atoms with Gasteiger partial charge in [0.2, 0.25) is 0 Å². The third kappa shape index (κ3) is 21.9. The number of aliphatic hydroxyl groups is 1. The van der Waals surface area contributed by atoms with Gasteiger partial charge in [-0.3, -0.25) is 4.79 Å². The van der Waals surface area contributed by atoms with Crippen LogP contribution in [0.2, 0.25) is 0 Å². The SMILES string of the molecule is O=C(O)CC=CCC=CCC=CCC=CCC=CCC=CCCCO. The summed E-state index contributed by atoms with van der Waals surface area (Å²) >= 11 is 0. The number of hydrogen-bond acceptors (Lipinski definition) is 2. The van der Waals surface area contributed by atoms with E-state index in [-0.39, 0.29) is 13.0 Å². The fourth-order valence-electron chi connectivity index (χ4n) is 1.87. The number of unbranched alkanes of at least 4 members (excludes halogenated alkanes) is 1. The van der Waals surface area contributed by atoms with Crippen molar-refractivity contribution in [3.05, 3.63) is 72.9 Å². The average molecular weight is 344 g/mol. The number of carbonyl (C=O) groups is 1. The Bertz CT molecular complexity index is 480. The van der Waals surface area contributed by atoms with Gasteiger partial charge < -0.3 is 10.2 Å². The molecule has 0 aromatic heterocycles. The molecule has 3 nitrogen and oxygen atoms in total. The Morgan fingerprint density at radius 2 is 0.960 bits per heavy atom. The quantitative estimate of drug-likeness (QED) is 0.304. The predicted octanol–water partition coefficient (Wildman–Crippen LogP) is 5.52. The molecule has 0 fully saturated rings. The molecule has 0 atom stereocenters. The summed E-state index contributed by atoms with van der Waals surface area (Å²) in [7, 11) is 0. The van der Waals surface area contributed by atoms with Crippen molar-refractivity contribution < 1.29 is 15.0 Å². The lowest BCUT2D eigenvalue weighted by Crippen LogP contribution is -1.89. The molecule has 0 saturated heterocycles. The van der Waals surface area contributed by atoms with Gasteiger partial charge in [0, 0.05) is 6.61 Å². The molecule has 0 aromatic carbocycles. The maximum Gasteiger partial charge on any atom is 0.307 e. The van der Waals surface area contributed by atoms with Crippen molar-refractivity contribution in [1.29, 1.82) is 0 Å². The van der Waals surface area contributed by atoms with Crippen LogP contribution in [0.25, 0.3) is 0 Å². The molecule has 2 N–H and O–H groups in total. The van der Waals surface area contributed by atoms with Gasteiger partial charge in [-0.2, -0.15) is 0 Å². The van der Waals surface area contributed by atoms with Gasteiger partial charge in [-0.25, -0.2) is 0 Å². The van der Waals surface area contributed by atoms with Crippen molar-refractivity contribution in [3.8, 4) is 0 Å². The highest BCUT2D eigenvalue weighted by molar-refractivity contribution is 5.68. The molecule has 138 valence electrons. The van der Waals surface area contributed by atoms with Crippen LogP contribution in [-0.4, -0.2) is 22.8 Å². The molecular weight excluding hydrogens is 312 g/mol. The van der Waals surface area contributed by atoms with Crippen molar-refractivity contribution >= 4 is 5.97 Å². The van der Waals surface area contributed by atoms with Crippen LogP contribution in [0.4, 0.5) is 0 Å². The molecule has 25 heavy (non-hydrogen) atoms. The monoisotopic (exact) mass is 344 g/mol. The van der Waals surface area contributed by atoms with Gasteiger partial charge in [0.05, 0.1) is 6.42 Å². The van der Waals surface area contributed by atoms with E-state index in [0.717, 1.165) is 44.9 Å². The summed E-state index contributed by atoms with van der Waals surface area (Å²) in [6.45, 7) is 0.266. The number of carboxylic acids is 1. The summed E-state index contributed by atoms with van der Waals surface area (Å²) in [5.41, 5.74) is 0. The summed E-state index contributed by atoms with van der Waals surface area (Å²) in [6.07, 6.45) is 31.3. The van der Waals surface area contributed by atoms with Crippen molar-refractivity contribution in [2.75, 3.05) is 6.61 Å². The van der Waals surface area contributed by atoms with Crippen molar-refractivity contribution in [2.24, 2.45) is 0 Å². The number of carboxylic acid groups (broad SMARTS) is 1. The maximum atomic E-state index is 10.3. The van der Waals surface area contributed by atoms with Crippen molar-refractivity contribution in [3.63, 3.8) is 0 Å². The van der Waals surface area contributed by atoms with E-state index in [0.29, 0.717) is 0 Å². The first-order valence-electron chi connectivity index (χ1n) is 9.00. The van der Waals surface area contributed by atoms with E-state index < -0.39 is 5.97 Å². The molecule has 0 aliphatic rings. The highest BCUT2D eigenvalue weighted by Gasteiger charge is 1.87. The standard InChI is InChI=1S/C22H32O3/c23-21-19-17-15-13-11-9-7-5-3-1-2-4-6-8-10-12-14-16-18-20-22(24)25/h1,3-4,6-7,9-10,12-13,15-16,18,23H,2,5,8,11,14,17,19-21H2,(H,24,25). The van der Waals surface area contributed by atoms with Crippen LogP contribution in [0, 0.1) is 0 Å². The Balaban J connectivity index is 3.52. The van der Waals surface area contributed by atoms with Gasteiger partial charge >= 0.3 is 5.97 Å². The van der Waals surface area contributed by atoms with E-state index in [4.69, 9.17) is 10.2 Å². The van der Waals surface area contributed by atoms with Crippen LogP contribution in [0.1, 0.15) is 51.4 Å². The summed E-state index contributed by atoms with van der Waals surface area (Å²) in [5, 5.41) is 17.1. The Labute approximate surface area is 152 Å².